The summed E-state index contributed by atoms with van der Waals surface area (Å²) in [4.78, 5) is 16.0. The molecule has 34 heavy (non-hydrogen) atoms. The number of pyridine rings is 1. The molecule has 1 aromatic heterocycles. The second kappa shape index (κ2) is 11.4. The monoisotopic (exact) mass is 641 g/mol. The summed E-state index contributed by atoms with van der Waals surface area (Å²) in [7, 11) is 0. The number of hydrogen-bond acceptors (Lipinski definition) is 3. The summed E-state index contributed by atoms with van der Waals surface area (Å²) in [5.41, 5.74) is 3.94. The standard InChI is InChI=1S/C18H15FN.C11H20O2.Ir/c1-11-6-12(2)8-15(7-11)18-16-9-13(3)17(19)10-14(16)4-5-20-18;1-10(2,3)8(12)7-9(13)11(4,5)6;/h4-7,9-10H,1-3H3;7,12H,1-6H3;/q-1;;/b;8-7-;. The fourth-order valence-electron chi connectivity index (χ4n) is 3.10. The van der Waals surface area contributed by atoms with Gasteiger partial charge >= 0.3 is 0 Å². The van der Waals surface area contributed by atoms with E-state index in [1.54, 1.807) is 19.2 Å². The number of carbonyl (C=O) groups excluding carboxylic acids is 1. The first-order valence-corrected chi connectivity index (χ1v) is 11.1. The van der Waals surface area contributed by atoms with E-state index in [2.05, 4.69) is 30.1 Å². The summed E-state index contributed by atoms with van der Waals surface area (Å²) >= 11 is 0. The number of halogens is 1. The Morgan fingerprint density at radius 2 is 1.62 bits per heavy atom. The van der Waals surface area contributed by atoms with Gasteiger partial charge in [0.15, 0.2) is 5.78 Å². The van der Waals surface area contributed by atoms with Crippen molar-refractivity contribution in [1.82, 2.24) is 4.98 Å². The van der Waals surface area contributed by atoms with Gasteiger partial charge in [-0.2, -0.15) is 0 Å². The predicted molar refractivity (Wildman–Crippen MR) is 135 cm³/mol. The van der Waals surface area contributed by atoms with Gasteiger partial charge in [-0.3, -0.25) is 4.79 Å². The van der Waals surface area contributed by atoms with Crippen LogP contribution in [0.5, 0.6) is 0 Å². The van der Waals surface area contributed by atoms with Crippen molar-refractivity contribution < 1.29 is 34.4 Å². The zero-order valence-corrected chi connectivity index (χ0v) is 24.0. The molecule has 1 N–H and O–H groups in total. The van der Waals surface area contributed by atoms with Gasteiger partial charge < -0.3 is 10.1 Å². The summed E-state index contributed by atoms with van der Waals surface area (Å²) in [6, 6.07) is 12.7. The maximum Gasteiger partial charge on any atom is 0.164 e. The quantitative estimate of drug-likeness (QED) is 0.176. The van der Waals surface area contributed by atoms with Gasteiger partial charge in [-0.05, 0) is 41.1 Å². The summed E-state index contributed by atoms with van der Waals surface area (Å²) in [6.07, 6.45) is 3.05. The normalized spacial score (nSPS) is 12.0. The van der Waals surface area contributed by atoms with Gasteiger partial charge in [0.25, 0.3) is 0 Å². The molecule has 0 aliphatic rings. The molecule has 0 atom stereocenters. The zero-order valence-electron chi connectivity index (χ0n) is 21.6. The van der Waals surface area contributed by atoms with Gasteiger partial charge in [-0.1, -0.05) is 61.5 Å². The molecular weight excluding hydrogens is 606 g/mol. The molecule has 2 aromatic carbocycles. The molecule has 0 saturated carbocycles. The van der Waals surface area contributed by atoms with Gasteiger partial charge in [-0.25, -0.2) is 4.39 Å². The van der Waals surface area contributed by atoms with Crippen molar-refractivity contribution in [2.75, 3.05) is 0 Å². The number of aliphatic hydroxyl groups excluding tert-OH is 1. The van der Waals surface area contributed by atoms with Crippen LogP contribution in [0, 0.1) is 43.5 Å². The van der Waals surface area contributed by atoms with Gasteiger partial charge in [0.2, 0.25) is 0 Å². The molecule has 0 fully saturated rings. The largest absolute Gasteiger partial charge is 0.512 e. The minimum atomic E-state index is -0.417. The number of aromatic nitrogens is 1. The summed E-state index contributed by atoms with van der Waals surface area (Å²) in [5, 5.41) is 11.4. The van der Waals surface area contributed by atoms with Crippen molar-refractivity contribution in [3.8, 4) is 11.3 Å². The molecule has 0 unspecified atom stereocenters. The van der Waals surface area contributed by atoms with Crippen LogP contribution >= 0.6 is 0 Å². The van der Waals surface area contributed by atoms with Crippen molar-refractivity contribution in [2.45, 2.75) is 62.3 Å². The zero-order chi connectivity index (χ0) is 25.1. The van der Waals surface area contributed by atoms with Crippen molar-refractivity contribution >= 4 is 16.6 Å². The summed E-state index contributed by atoms with van der Waals surface area (Å²) in [5.74, 6) is -0.0774. The average Bonchev–Trinajstić information content (AvgIpc) is 2.66. The molecule has 0 aliphatic carbocycles. The van der Waals surface area contributed by atoms with Crippen molar-refractivity contribution in [3.05, 3.63) is 76.9 Å². The molecule has 1 heterocycles. The maximum absolute atomic E-state index is 13.7. The molecule has 0 amide bonds. The first kappa shape index (κ1) is 29.7. The summed E-state index contributed by atoms with van der Waals surface area (Å²) in [6.45, 7) is 17.0. The van der Waals surface area contributed by atoms with Gasteiger partial charge in [-0.15, -0.1) is 34.9 Å². The Balaban J connectivity index is 0.000000364. The van der Waals surface area contributed by atoms with E-state index in [4.69, 9.17) is 0 Å². The average molecular weight is 641 g/mol. The van der Waals surface area contributed by atoms with E-state index in [9.17, 15) is 14.3 Å². The van der Waals surface area contributed by atoms with Crippen LogP contribution in [-0.2, 0) is 24.9 Å². The van der Waals surface area contributed by atoms with E-state index in [1.807, 2.05) is 60.6 Å². The molecule has 3 rings (SSSR count). The third-order valence-corrected chi connectivity index (χ3v) is 5.22. The first-order valence-electron chi connectivity index (χ1n) is 11.1. The van der Waals surface area contributed by atoms with Crippen LogP contribution in [0.1, 0.15) is 58.2 Å². The van der Waals surface area contributed by atoms with E-state index in [-0.39, 0.29) is 42.9 Å². The second-order valence-corrected chi connectivity index (χ2v) is 10.6. The van der Waals surface area contributed by atoms with Crippen molar-refractivity contribution in [1.29, 1.82) is 0 Å². The first-order chi connectivity index (χ1) is 15.1. The molecule has 5 heteroatoms. The fraction of sp³-hybridized carbons (Fsp3) is 0.379. The molecule has 0 spiro atoms. The number of rotatable bonds is 2. The van der Waals surface area contributed by atoms with E-state index in [1.165, 1.54) is 11.6 Å². The number of ketones is 1. The molecule has 3 nitrogen and oxygen atoms in total. The number of hydrogen-bond donors (Lipinski definition) is 1. The predicted octanol–water partition coefficient (Wildman–Crippen LogP) is 7.85. The molecule has 1 radical (unpaired) electrons. The number of fused-ring (bicyclic) bond motifs is 1. The van der Waals surface area contributed by atoms with E-state index in [0.717, 1.165) is 27.6 Å². The van der Waals surface area contributed by atoms with Gasteiger partial charge in [0.1, 0.15) is 11.6 Å². The van der Waals surface area contributed by atoms with Crippen LogP contribution in [0.15, 0.2) is 48.4 Å². The number of nitrogens with zero attached hydrogens (tertiary/aromatic N) is 1. The van der Waals surface area contributed by atoms with Crippen molar-refractivity contribution in [2.24, 2.45) is 10.8 Å². The minimum absolute atomic E-state index is 0. The topological polar surface area (TPSA) is 50.2 Å². The minimum Gasteiger partial charge on any atom is -0.512 e. The fourth-order valence-corrected chi connectivity index (χ4v) is 3.10. The Labute approximate surface area is 216 Å². The maximum atomic E-state index is 13.7. The van der Waals surface area contributed by atoms with Crippen LogP contribution in [-0.4, -0.2) is 15.9 Å². The van der Waals surface area contributed by atoms with Crippen LogP contribution in [0.4, 0.5) is 4.39 Å². The van der Waals surface area contributed by atoms with Crippen LogP contribution in [0.25, 0.3) is 22.0 Å². The second-order valence-electron chi connectivity index (χ2n) is 10.6. The van der Waals surface area contributed by atoms with E-state index >= 15 is 0 Å². The van der Waals surface area contributed by atoms with Gasteiger partial charge in [0, 0.05) is 43.2 Å². The Morgan fingerprint density at radius 3 is 2.15 bits per heavy atom. The molecular formula is C29H35FIrNO2-. The molecule has 0 saturated heterocycles. The number of carbonyl (C=O) groups is 1. The molecule has 0 aliphatic heterocycles. The van der Waals surface area contributed by atoms with Crippen molar-refractivity contribution in [3.63, 3.8) is 0 Å². The Bertz CT molecular complexity index is 1180. The Morgan fingerprint density at radius 1 is 1.00 bits per heavy atom. The molecule has 0 bridgehead atoms. The smallest absolute Gasteiger partial charge is 0.164 e. The van der Waals surface area contributed by atoms with E-state index in [0.29, 0.717) is 5.56 Å². The summed E-state index contributed by atoms with van der Waals surface area (Å²) < 4.78 is 13.7. The molecule has 185 valence electrons. The SMILES string of the molecule is CC(C)(C)C(=O)/C=C(\O)C(C)(C)C.Cc1[c-]c(-c2nccc3cc(F)c(C)cc23)cc(C)c1.[Ir]. The third kappa shape index (κ3) is 7.85. The van der Waals surface area contributed by atoms with Crippen LogP contribution < -0.4 is 0 Å². The number of aryl methyl sites for hydroxylation is 3. The van der Waals surface area contributed by atoms with Crippen LogP contribution in [0.2, 0.25) is 0 Å². The van der Waals surface area contributed by atoms with Gasteiger partial charge in [0.05, 0.1) is 0 Å². The number of benzene rings is 2. The van der Waals surface area contributed by atoms with E-state index < -0.39 is 5.41 Å². The Kier molecular flexibility index (Phi) is 9.93. The van der Waals surface area contributed by atoms with Crippen LogP contribution in [0.3, 0.4) is 0 Å². The molecule has 3 aromatic rings. The Hall–Kier alpha value is -2.36. The third-order valence-electron chi connectivity index (χ3n) is 5.22. The number of allylic oxidation sites excluding steroid dienone is 2. The number of aliphatic hydroxyl groups is 1.